The molecule has 5 bridgehead atoms. The molecule has 2 saturated heterocycles. The van der Waals surface area contributed by atoms with Crippen molar-refractivity contribution < 1.29 is 43.0 Å². The average molecular weight is 458 g/mol. The Morgan fingerprint density at radius 1 is 0.788 bits per heavy atom. The number of carbonyl (C=O) groups is 6. The predicted molar refractivity (Wildman–Crippen MR) is 107 cm³/mol. The number of hydrogen-bond donors (Lipinski definition) is 0. The normalized spacial score (nSPS) is 44.7. The first-order valence-electron chi connectivity index (χ1n) is 12.0. The smallest absolute Gasteiger partial charge is 0.272 e. The zero-order valence-electron chi connectivity index (χ0n) is 18.2. The van der Waals surface area contributed by atoms with Crippen LogP contribution in [0.3, 0.4) is 0 Å². The zero-order chi connectivity index (χ0) is 23.1. The lowest BCUT2D eigenvalue weighted by Crippen LogP contribution is -2.70. The van der Waals surface area contributed by atoms with Gasteiger partial charge in [0, 0.05) is 30.6 Å². The molecule has 1 spiro atoms. The summed E-state index contributed by atoms with van der Waals surface area (Å²) in [4.78, 5) is 76.2. The van der Waals surface area contributed by atoms with Crippen LogP contribution in [0.1, 0.15) is 57.8 Å². The summed E-state index contributed by atoms with van der Waals surface area (Å²) in [5.41, 5.74) is -0.624. The van der Waals surface area contributed by atoms with Gasteiger partial charge in [0.25, 0.3) is 11.6 Å². The van der Waals surface area contributed by atoms with Crippen molar-refractivity contribution in [2.75, 3.05) is 0 Å². The number of hydrogen-bond acceptors (Lipinski definition) is 9. The van der Waals surface area contributed by atoms with Gasteiger partial charge in [-0.3, -0.25) is 28.8 Å². The van der Waals surface area contributed by atoms with Crippen molar-refractivity contribution >= 4 is 34.7 Å². The first-order valence-corrected chi connectivity index (χ1v) is 12.0. The summed E-state index contributed by atoms with van der Waals surface area (Å²) in [6.07, 6.45) is 1.56. The van der Waals surface area contributed by atoms with Crippen LogP contribution < -0.4 is 0 Å². The van der Waals surface area contributed by atoms with Crippen molar-refractivity contribution in [1.29, 1.82) is 0 Å². The Kier molecular flexibility index (Phi) is 4.84. The van der Waals surface area contributed by atoms with E-state index in [0.717, 1.165) is 38.5 Å². The van der Waals surface area contributed by atoms with Crippen molar-refractivity contribution in [3.63, 3.8) is 0 Å². The molecule has 0 amide bonds. The van der Waals surface area contributed by atoms with Crippen molar-refractivity contribution in [2.24, 2.45) is 17.8 Å². The molecule has 6 fully saturated rings. The van der Waals surface area contributed by atoms with Gasteiger partial charge in [-0.1, -0.05) is 19.3 Å². The minimum atomic E-state index is -1.39. The third-order valence-corrected chi connectivity index (χ3v) is 8.80. The van der Waals surface area contributed by atoms with E-state index in [1.54, 1.807) is 0 Å². The van der Waals surface area contributed by atoms with Crippen LogP contribution in [-0.2, 0) is 43.0 Å². The van der Waals surface area contributed by atoms with E-state index in [9.17, 15) is 28.8 Å². The van der Waals surface area contributed by atoms with Crippen molar-refractivity contribution in [1.82, 2.24) is 0 Å². The fourth-order valence-corrected chi connectivity index (χ4v) is 7.26. The molecular weight excluding hydrogens is 432 g/mol. The Labute approximate surface area is 189 Å². The molecule has 4 saturated carbocycles. The average Bonchev–Trinajstić information content (AvgIpc) is 2.81. The van der Waals surface area contributed by atoms with Gasteiger partial charge in [0.15, 0.2) is 17.7 Å². The van der Waals surface area contributed by atoms with Crippen LogP contribution >= 0.6 is 0 Å². The van der Waals surface area contributed by atoms with Gasteiger partial charge in [-0.15, -0.1) is 0 Å². The van der Waals surface area contributed by atoms with Gasteiger partial charge in [-0.2, -0.15) is 0 Å². The number of Topliss-reactive ketones (excluding diaryl/α,β-unsaturated/α-hetero) is 6. The molecule has 8 atom stereocenters. The Balaban J connectivity index is 1.49. The summed E-state index contributed by atoms with van der Waals surface area (Å²) >= 11 is 0. The van der Waals surface area contributed by atoms with Gasteiger partial charge in [0.1, 0.15) is 12.2 Å². The van der Waals surface area contributed by atoms with Crippen LogP contribution in [0.4, 0.5) is 0 Å². The third-order valence-electron chi connectivity index (χ3n) is 8.80. The molecule has 176 valence electrons. The SMILES string of the molecule is O=C1CC(C2C3OC4CCC5C(C4)OC(C3=O)C(=O)C2OC52CCCCC2)C(=O)C(=O)C1=O. The van der Waals surface area contributed by atoms with Crippen molar-refractivity contribution in [3.05, 3.63) is 0 Å². The highest BCUT2D eigenvalue weighted by atomic mass is 16.6. The van der Waals surface area contributed by atoms with E-state index in [2.05, 4.69) is 0 Å². The Hall–Kier alpha value is -2.10. The standard InChI is InChI=1S/C24H26O9/c25-13-9-11(16(26)18(28)17(13)27)15-21-19(29)23-20(30)22(15)33-24(6-2-1-3-7-24)12-5-4-10(31-21)8-14(12)32-23/h10-12,14-15,21-23H,1-9H2. The van der Waals surface area contributed by atoms with E-state index in [4.69, 9.17) is 14.2 Å². The zero-order valence-corrected chi connectivity index (χ0v) is 18.2. The minimum Gasteiger partial charge on any atom is -0.367 e. The summed E-state index contributed by atoms with van der Waals surface area (Å²) in [5.74, 6) is -8.34. The van der Waals surface area contributed by atoms with Gasteiger partial charge in [0.05, 0.1) is 17.8 Å². The molecule has 6 rings (SSSR count). The fraction of sp³-hybridized carbons (Fsp3) is 0.750. The molecule has 0 aromatic rings. The van der Waals surface area contributed by atoms with E-state index in [1.807, 2.05) is 0 Å². The van der Waals surface area contributed by atoms with Crippen molar-refractivity contribution in [2.45, 2.75) is 93.9 Å². The second-order valence-corrected chi connectivity index (χ2v) is 10.5. The molecule has 9 heteroatoms. The van der Waals surface area contributed by atoms with Crippen LogP contribution in [-0.4, -0.2) is 70.8 Å². The lowest BCUT2D eigenvalue weighted by Gasteiger charge is -2.57. The Bertz CT molecular complexity index is 976. The van der Waals surface area contributed by atoms with E-state index >= 15 is 0 Å². The highest BCUT2D eigenvalue weighted by Gasteiger charge is 2.64. The summed E-state index contributed by atoms with van der Waals surface area (Å²) in [6.45, 7) is 0. The van der Waals surface area contributed by atoms with Gasteiger partial charge in [0.2, 0.25) is 11.6 Å². The first kappa shape index (κ1) is 21.4. The minimum absolute atomic E-state index is 0.00857. The maximum Gasteiger partial charge on any atom is 0.272 e. The molecule has 33 heavy (non-hydrogen) atoms. The van der Waals surface area contributed by atoms with E-state index in [0.29, 0.717) is 12.8 Å². The van der Waals surface area contributed by atoms with E-state index in [-0.39, 0.29) is 18.1 Å². The van der Waals surface area contributed by atoms with Gasteiger partial charge < -0.3 is 14.2 Å². The molecule has 0 N–H and O–H groups in total. The Morgan fingerprint density at radius 2 is 1.52 bits per heavy atom. The number of carbonyl (C=O) groups excluding carboxylic acids is 6. The number of ketones is 6. The monoisotopic (exact) mass is 458 g/mol. The number of fused-ring (bicyclic) bond motifs is 4. The van der Waals surface area contributed by atoms with Crippen LogP contribution in [0.15, 0.2) is 0 Å². The van der Waals surface area contributed by atoms with Crippen molar-refractivity contribution in [3.8, 4) is 0 Å². The molecule has 8 unspecified atom stereocenters. The van der Waals surface area contributed by atoms with Crippen LogP contribution in [0, 0.1) is 17.8 Å². The van der Waals surface area contributed by atoms with Gasteiger partial charge >= 0.3 is 0 Å². The maximum absolute atomic E-state index is 13.6. The largest absolute Gasteiger partial charge is 0.367 e. The summed E-state index contributed by atoms with van der Waals surface area (Å²) in [6, 6.07) is 0. The quantitative estimate of drug-likeness (QED) is 0.407. The number of ether oxygens (including phenoxy) is 3. The van der Waals surface area contributed by atoms with Gasteiger partial charge in [-0.05, 0) is 25.7 Å². The first-order chi connectivity index (χ1) is 15.8. The van der Waals surface area contributed by atoms with Crippen LogP contribution in [0.2, 0.25) is 0 Å². The van der Waals surface area contributed by atoms with E-state index in [1.165, 1.54) is 0 Å². The molecule has 6 aliphatic rings. The van der Waals surface area contributed by atoms with E-state index < -0.39 is 76.9 Å². The molecule has 2 aliphatic heterocycles. The maximum atomic E-state index is 13.6. The molecule has 0 radical (unpaired) electrons. The highest BCUT2D eigenvalue weighted by molar-refractivity contribution is 6.80. The molecule has 0 aromatic carbocycles. The summed E-state index contributed by atoms with van der Waals surface area (Å²) < 4.78 is 19.1. The fourth-order valence-electron chi connectivity index (χ4n) is 7.26. The third kappa shape index (κ3) is 3.01. The molecule has 0 aromatic heterocycles. The lowest BCUT2D eigenvalue weighted by atomic mass is 9.63. The predicted octanol–water partition coefficient (Wildman–Crippen LogP) is 0.474. The molecule has 4 aliphatic carbocycles. The van der Waals surface area contributed by atoms with Crippen LogP contribution in [0.25, 0.3) is 0 Å². The summed E-state index contributed by atoms with van der Waals surface area (Å²) in [7, 11) is 0. The molecule has 2 heterocycles. The second-order valence-electron chi connectivity index (χ2n) is 10.5. The summed E-state index contributed by atoms with van der Waals surface area (Å²) in [5, 5.41) is 0. The molecular formula is C24H26O9. The van der Waals surface area contributed by atoms with Crippen LogP contribution in [0.5, 0.6) is 0 Å². The highest BCUT2D eigenvalue weighted by Crippen LogP contribution is 2.52. The number of rotatable bonds is 1. The second kappa shape index (κ2) is 7.45. The lowest BCUT2D eigenvalue weighted by molar-refractivity contribution is -0.269. The topological polar surface area (TPSA) is 130 Å². The molecule has 9 nitrogen and oxygen atoms in total. The Morgan fingerprint density at radius 3 is 2.27 bits per heavy atom. The van der Waals surface area contributed by atoms with Gasteiger partial charge in [-0.25, -0.2) is 0 Å².